The molecule has 1 aliphatic rings. The zero-order valence-corrected chi connectivity index (χ0v) is 12.5. The fourth-order valence-electron chi connectivity index (χ4n) is 3.17. The summed E-state index contributed by atoms with van der Waals surface area (Å²) in [5, 5.41) is 0. The Bertz CT molecular complexity index is 580. The van der Waals surface area contributed by atoms with E-state index in [-0.39, 0.29) is 11.3 Å². The Labute approximate surface area is 114 Å². The van der Waals surface area contributed by atoms with E-state index in [9.17, 15) is 13.2 Å². The van der Waals surface area contributed by atoms with Crippen molar-refractivity contribution < 1.29 is 13.2 Å². The Hall–Kier alpha value is -1.16. The Balaban J connectivity index is 2.32. The summed E-state index contributed by atoms with van der Waals surface area (Å²) in [5.41, 5.74) is 0.850. The molecule has 2 rings (SSSR count). The first-order chi connectivity index (χ1) is 8.85. The molecular weight excluding hydrogens is 260 g/mol. The first kappa shape index (κ1) is 14.3. The number of carbonyl (C=O) groups is 1. The Morgan fingerprint density at radius 3 is 2.05 bits per heavy atom. The minimum Gasteiger partial charge on any atom is -0.299 e. The molecule has 1 aliphatic carbocycles. The molecule has 1 aromatic rings. The first-order valence-corrected chi connectivity index (χ1v) is 8.57. The van der Waals surface area contributed by atoms with Gasteiger partial charge in [0.2, 0.25) is 0 Å². The normalized spacial score (nSPS) is 22.1. The van der Waals surface area contributed by atoms with Crippen molar-refractivity contribution in [1.29, 1.82) is 0 Å². The quantitative estimate of drug-likeness (QED) is 0.852. The second kappa shape index (κ2) is 4.75. The van der Waals surface area contributed by atoms with E-state index in [1.807, 2.05) is 12.1 Å². The molecule has 19 heavy (non-hydrogen) atoms. The average Bonchev–Trinajstić information content (AvgIpc) is 2.37. The van der Waals surface area contributed by atoms with Gasteiger partial charge in [-0.1, -0.05) is 26.0 Å². The molecule has 1 unspecified atom stereocenters. The number of carbonyl (C=O) groups excluding carboxylic acids is 1. The maximum absolute atomic E-state index is 11.9. The molecule has 0 aromatic heterocycles. The van der Waals surface area contributed by atoms with Gasteiger partial charge >= 0.3 is 0 Å². The van der Waals surface area contributed by atoms with Gasteiger partial charge in [-0.05, 0) is 30.5 Å². The molecule has 1 aromatic carbocycles. The van der Waals surface area contributed by atoms with Gasteiger partial charge in [0.25, 0.3) is 0 Å². The van der Waals surface area contributed by atoms with Crippen molar-refractivity contribution in [2.24, 2.45) is 5.41 Å². The van der Waals surface area contributed by atoms with Crippen LogP contribution in [0.25, 0.3) is 0 Å². The molecule has 3 nitrogen and oxygen atoms in total. The number of benzene rings is 1. The third-order valence-electron chi connectivity index (χ3n) is 4.58. The number of Topliss-reactive ketones (excluding diaryl/α,β-unsaturated/α-hetero) is 1. The lowest BCUT2D eigenvalue weighted by Gasteiger charge is -2.47. The third-order valence-corrected chi connectivity index (χ3v) is 5.71. The maximum Gasteiger partial charge on any atom is 0.175 e. The van der Waals surface area contributed by atoms with E-state index in [1.165, 1.54) is 6.26 Å². The van der Waals surface area contributed by atoms with Gasteiger partial charge in [-0.25, -0.2) is 8.42 Å². The lowest BCUT2D eigenvalue weighted by atomic mass is 9.54. The van der Waals surface area contributed by atoms with Crippen molar-refractivity contribution in [3.63, 3.8) is 0 Å². The summed E-state index contributed by atoms with van der Waals surface area (Å²) in [6, 6.07) is 6.99. The SMILES string of the molecule is CCC1(CC)C(=O)CC1c1ccc(S(C)(=O)=O)cc1. The summed E-state index contributed by atoms with van der Waals surface area (Å²) in [7, 11) is -3.15. The van der Waals surface area contributed by atoms with Gasteiger partial charge in [0.1, 0.15) is 5.78 Å². The topological polar surface area (TPSA) is 51.2 Å². The van der Waals surface area contributed by atoms with Crippen LogP contribution in [0.15, 0.2) is 29.2 Å². The van der Waals surface area contributed by atoms with Crippen LogP contribution >= 0.6 is 0 Å². The number of ketones is 1. The Morgan fingerprint density at radius 2 is 1.68 bits per heavy atom. The molecule has 0 radical (unpaired) electrons. The third kappa shape index (κ3) is 2.22. The van der Waals surface area contributed by atoms with E-state index < -0.39 is 9.84 Å². The van der Waals surface area contributed by atoms with Crippen molar-refractivity contribution in [3.8, 4) is 0 Å². The van der Waals surface area contributed by atoms with E-state index in [0.717, 1.165) is 18.4 Å². The van der Waals surface area contributed by atoms with Crippen LogP contribution in [0.3, 0.4) is 0 Å². The van der Waals surface area contributed by atoms with Gasteiger partial charge < -0.3 is 0 Å². The Morgan fingerprint density at radius 1 is 1.16 bits per heavy atom. The molecule has 0 saturated heterocycles. The van der Waals surface area contributed by atoms with E-state index in [1.54, 1.807) is 12.1 Å². The van der Waals surface area contributed by atoms with Crippen molar-refractivity contribution in [2.45, 2.75) is 43.9 Å². The van der Waals surface area contributed by atoms with Gasteiger partial charge in [0, 0.05) is 24.0 Å². The first-order valence-electron chi connectivity index (χ1n) is 6.68. The number of sulfone groups is 1. The molecule has 1 atom stereocenters. The minimum atomic E-state index is -3.15. The van der Waals surface area contributed by atoms with Gasteiger partial charge in [-0.3, -0.25) is 4.79 Å². The fourth-order valence-corrected chi connectivity index (χ4v) is 3.80. The largest absolute Gasteiger partial charge is 0.299 e. The molecule has 1 saturated carbocycles. The minimum absolute atomic E-state index is 0.230. The average molecular weight is 280 g/mol. The molecule has 0 bridgehead atoms. The fraction of sp³-hybridized carbons (Fsp3) is 0.533. The molecule has 4 heteroatoms. The second-order valence-electron chi connectivity index (χ2n) is 5.38. The predicted molar refractivity (Wildman–Crippen MR) is 74.9 cm³/mol. The Kier molecular flexibility index (Phi) is 3.56. The summed E-state index contributed by atoms with van der Waals surface area (Å²) in [6.07, 6.45) is 3.48. The van der Waals surface area contributed by atoms with Crippen LogP contribution in [0.4, 0.5) is 0 Å². The van der Waals surface area contributed by atoms with Crippen molar-refractivity contribution in [3.05, 3.63) is 29.8 Å². The maximum atomic E-state index is 11.9. The van der Waals surface area contributed by atoms with Crippen LogP contribution < -0.4 is 0 Å². The van der Waals surface area contributed by atoms with E-state index in [2.05, 4.69) is 13.8 Å². The standard InChI is InChI=1S/C15H20O3S/c1-4-15(5-2)13(10-14(15)16)11-6-8-12(9-7-11)19(3,17)18/h6-9,13H,4-5,10H2,1-3H3. The van der Waals surface area contributed by atoms with Gasteiger partial charge in [-0.2, -0.15) is 0 Å². The smallest absolute Gasteiger partial charge is 0.175 e. The summed E-state index contributed by atoms with van der Waals surface area (Å²) in [5.74, 6) is 0.582. The van der Waals surface area contributed by atoms with Crippen molar-refractivity contribution in [2.75, 3.05) is 6.26 Å². The summed E-state index contributed by atoms with van der Waals surface area (Å²) >= 11 is 0. The molecular formula is C15H20O3S. The van der Waals surface area contributed by atoms with Crippen LogP contribution in [0.2, 0.25) is 0 Å². The zero-order chi connectivity index (χ0) is 14.3. The summed E-state index contributed by atoms with van der Waals surface area (Å²) in [4.78, 5) is 12.3. The number of hydrogen-bond donors (Lipinski definition) is 0. The highest BCUT2D eigenvalue weighted by atomic mass is 32.2. The lowest BCUT2D eigenvalue weighted by Crippen LogP contribution is -2.47. The van der Waals surface area contributed by atoms with Crippen LogP contribution in [0.5, 0.6) is 0 Å². The summed E-state index contributed by atoms with van der Waals surface area (Å²) < 4.78 is 22.9. The summed E-state index contributed by atoms with van der Waals surface area (Å²) in [6.45, 7) is 4.11. The molecule has 1 fully saturated rings. The van der Waals surface area contributed by atoms with Crippen molar-refractivity contribution in [1.82, 2.24) is 0 Å². The molecule has 0 heterocycles. The monoisotopic (exact) mass is 280 g/mol. The zero-order valence-electron chi connectivity index (χ0n) is 11.6. The van der Waals surface area contributed by atoms with Gasteiger partial charge in [-0.15, -0.1) is 0 Å². The van der Waals surface area contributed by atoms with E-state index in [4.69, 9.17) is 0 Å². The highest BCUT2D eigenvalue weighted by Crippen LogP contribution is 2.54. The lowest BCUT2D eigenvalue weighted by molar-refractivity contribution is -0.141. The van der Waals surface area contributed by atoms with E-state index >= 15 is 0 Å². The highest BCUT2D eigenvalue weighted by Gasteiger charge is 2.52. The molecule has 0 N–H and O–H groups in total. The predicted octanol–water partition coefficient (Wildman–Crippen LogP) is 2.95. The van der Waals surface area contributed by atoms with Gasteiger partial charge in [0.05, 0.1) is 4.90 Å². The molecule has 0 aliphatic heterocycles. The van der Waals surface area contributed by atoms with Crippen LogP contribution in [-0.2, 0) is 14.6 Å². The number of rotatable bonds is 4. The second-order valence-corrected chi connectivity index (χ2v) is 7.40. The van der Waals surface area contributed by atoms with Crippen LogP contribution in [-0.4, -0.2) is 20.5 Å². The van der Waals surface area contributed by atoms with Crippen molar-refractivity contribution >= 4 is 15.6 Å². The van der Waals surface area contributed by atoms with E-state index in [0.29, 0.717) is 17.1 Å². The number of hydrogen-bond acceptors (Lipinski definition) is 3. The molecule has 104 valence electrons. The van der Waals surface area contributed by atoms with Gasteiger partial charge in [0.15, 0.2) is 9.84 Å². The molecule has 0 spiro atoms. The highest BCUT2D eigenvalue weighted by molar-refractivity contribution is 7.90. The molecule has 0 amide bonds. The van der Waals surface area contributed by atoms with Crippen LogP contribution in [0.1, 0.15) is 44.6 Å². The van der Waals surface area contributed by atoms with Crippen LogP contribution in [0, 0.1) is 5.41 Å².